The van der Waals surface area contributed by atoms with Crippen molar-refractivity contribution in [3.8, 4) is 0 Å². The van der Waals surface area contributed by atoms with Gasteiger partial charge in [0.15, 0.2) is 0 Å². The molecule has 0 amide bonds. The number of aliphatic hydroxyl groups is 1. The van der Waals surface area contributed by atoms with Crippen molar-refractivity contribution in [1.82, 2.24) is 0 Å². The molecule has 10 unspecified atom stereocenters. The molecule has 0 aromatic heterocycles. The van der Waals surface area contributed by atoms with Gasteiger partial charge in [-0.3, -0.25) is 0 Å². The zero-order valence-corrected chi connectivity index (χ0v) is 47.4. The highest BCUT2D eigenvalue weighted by Gasteiger charge is 2.65. The summed E-state index contributed by atoms with van der Waals surface area (Å²) in [6.07, 6.45) is 8.18. The van der Waals surface area contributed by atoms with Crippen molar-refractivity contribution in [3.63, 3.8) is 0 Å². The zero-order valence-electron chi connectivity index (χ0n) is 47.4. The minimum absolute atomic E-state index is 0.0499. The number of aliphatic hydroxyl groups excluding tert-OH is 1. The molecule has 0 radical (unpaired) electrons. The molecule has 15 heteroatoms. The van der Waals surface area contributed by atoms with Crippen molar-refractivity contribution in [3.05, 3.63) is 96.1 Å². The molecule has 430 valence electrons. The van der Waals surface area contributed by atoms with E-state index >= 15 is 0 Å². The highest BCUT2D eigenvalue weighted by atomic mass is 16.7. The fraction of sp³-hybridized carbons (Fsp3) is 0.662. The van der Waals surface area contributed by atoms with Gasteiger partial charge >= 0.3 is 11.9 Å². The molecule has 23 atom stereocenters. The fourth-order valence-electron chi connectivity index (χ4n) is 16.4. The second-order valence-corrected chi connectivity index (χ2v) is 27.1. The van der Waals surface area contributed by atoms with Crippen LogP contribution in [0.2, 0.25) is 0 Å². The van der Waals surface area contributed by atoms with Gasteiger partial charge in [-0.25, -0.2) is 9.59 Å². The Morgan fingerprint density at radius 2 is 1.40 bits per heavy atom. The van der Waals surface area contributed by atoms with E-state index in [1.807, 2.05) is 31.2 Å². The number of hydrogen-bond donors (Lipinski definition) is 1. The lowest BCUT2D eigenvalue weighted by Crippen LogP contribution is -2.71. The van der Waals surface area contributed by atoms with Crippen molar-refractivity contribution in [2.24, 2.45) is 5.92 Å². The quantitative estimate of drug-likeness (QED) is 0.146. The molecule has 80 heavy (non-hydrogen) atoms. The number of esters is 2. The lowest BCUT2D eigenvalue weighted by atomic mass is 9.72. The Labute approximate surface area is 469 Å². The topological polar surface area (TPSA) is 165 Å². The lowest BCUT2D eigenvalue weighted by molar-refractivity contribution is -0.362. The fourth-order valence-corrected chi connectivity index (χ4v) is 16.4. The minimum Gasteiger partial charge on any atom is -0.458 e. The molecule has 9 fully saturated rings. The molecular weight excluding hydrogens is 1020 g/mol. The summed E-state index contributed by atoms with van der Waals surface area (Å²) in [7, 11) is 0. The van der Waals surface area contributed by atoms with Crippen LogP contribution in [0.15, 0.2) is 90.6 Å². The standard InChI is InChI=1S/C65H80O15/c1-34(33-69-60(68)40-16-15-39-23-37-12-9-10-13-38(37)24-41(39)25-40)20-42-26-43(66)59-47(70-42)27-46-50(75-59)31-63(6)51(72-46)14-11-18-61(4)55(78-63)32-65(8)54(77-61)29-53-62(5,80-65)19-17-44-57(76-53)35(2)21-45-49(71-44)30-64(7)52(73-45)28-48-58(79-64)36(3)22-56(67)74-48/h9-16,22-25,35,42-55,57-59,66H,1,17-21,26-33H2,2-8H3/b14-11-/t35-,42-,43+,44+,45?,46?,47?,48?,49?,50-,51?,52?,53?,54?,55-,57?,58-,59+,61+,62-,63+,64+,65+/m1/s1. The van der Waals surface area contributed by atoms with Crippen LogP contribution >= 0.6 is 0 Å². The van der Waals surface area contributed by atoms with Gasteiger partial charge in [0.1, 0.15) is 31.0 Å². The Bertz CT molecular complexity index is 3010. The summed E-state index contributed by atoms with van der Waals surface area (Å²) in [5, 5.41) is 16.0. The van der Waals surface area contributed by atoms with Crippen molar-refractivity contribution >= 4 is 33.5 Å². The molecule has 3 aromatic carbocycles. The molecule has 11 aliphatic rings. The summed E-state index contributed by atoms with van der Waals surface area (Å²) in [4.78, 5) is 25.6. The van der Waals surface area contributed by atoms with Crippen molar-refractivity contribution < 1.29 is 71.5 Å². The zero-order chi connectivity index (χ0) is 55.3. The first-order chi connectivity index (χ1) is 38.2. The van der Waals surface area contributed by atoms with Crippen LogP contribution < -0.4 is 0 Å². The largest absolute Gasteiger partial charge is 0.458 e. The molecule has 3 aromatic rings. The number of rotatable bonds is 5. The molecule has 0 aliphatic carbocycles. The van der Waals surface area contributed by atoms with Crippen LogP contribution in [-0.4, -0.2) is 155 Å². The number of hydrogen-bond acceptors (Lipinski definition) is 15. The molecule has 11 heterocycles. The first-order valence-electron chi connectivity index (χ1n) is 29.9. The van der Waals surface area contributed by atoms with Crippen LogP contribution in [0.4, 0.5) is 0 Å². The van der Waals surface area contributed by atoms with E-state index < -0.39 is 46.2 Å². The summed E-state index contributed by atoms with van der Waals surface area (Å²) in [6.45, 7) is 19.4. The predicted octanol–water partition coefficient (Wildman–Crippen LogP) is 9.44. The first-order valence-corrected chi connectivity index (χ1v) is 29.9. The van der Waals surface area contributed by atoms with E-state index in [2.05, 4.69) is 84.5 Å². The summed E-state index contributed by atoms with van der Waals surface area (Å²) >= 11 is 0. The third-order valence-corrected chi connectivity index (χ3v) is 20.8. The van der Waals surface area contributed by atoms with Gasteiger partial charge in [-0.1, -0.05) is 56.0 Å². The summed E-state index contributed by atoms with van der Waals surface area (Å²) in [5.41, 5.74) is -1.19. The maximum absolute atomic E-state index is 13.2. The number of ether oxygens (including phenoxy) is 12. The second-order valence-electron chi connectivity index (χ2n) is 27.1. The Morgan fingerprint density at radius 3 is 2.23 bits per heavy atom. The third-order valence-electron chi connectivity index (χ3n) is 20.8. The maximum atomic E-state index is 13.2. The van der Waals surface area contributed by atoms with Gasteiger partial charge in [0.2, 0.25) is 0 Å². The molecule has 9 saturated heterocycles. The maximum Gasteiger partial charge on any atom is 0.338 e. The Balaban J connectivity index is 0.607. The van der Waals surface area contributed by atoms with Gasteiger partial charge in [0, 0.05) is 51.0 Å². The molecule has 11 aliphatic heterocycles. The minimum atomic E-state index is -0.766. The number of benzene rings is 3. The number of fused-ring (bicyclic) bond motifs is 12. The summed E-state index contributed by atoms with van der Waals surface area (Å²) < 4.78 is 82.4. The van der Waals surface area contributed by atoms with Crippen molar-refractivity contribution in [2.75, 3.05) is 6.61 Å². The van der Waals surface area contributed by atoms with Gasteiger partial charge in [-0.05, 0) is 137 Å². The number of carbonyl (C=O) groups is 2. The van der Waals surface area contributed by atoms with Crippen molar-refractivity contribution in [1.29, 1.82) is 0 Å². The van der Waals surface area contributed by atoms with E-state index in [9.17, 15) is 14.7 Å². The van der Waals surface area contributed by atoms with Crippen molar-refractivity contribution in [2.45, 2.75) is 257 Å². The van der Waals surface area contributed by atoms with Crippen LogP contribution in [0.3, 0.4) is 0 Å². The van der Waals surface area contributed by atoms with Crippen LogP contribution in [0.25, 0.3) is 21.5 Å². The van der Waals surface area contributed by atoms with Crippen LogP contribution in [-0.2, 0) is 61.6 Å². The highest BCUT2D eigenvalue weighted by molar-refractivity contribution is 6.01. The Hall–Kier alpha value is -4.10. The summed E-state index contributed by atoms with van der Waals surface area (Å²) in [6, 6.07) is 18.0. The van der Waals surface area contributed by atoms with Gasteiger partial charge < -0.3 is 61.9 Å². The predicted molar refractivity (Wildman–Crippen MR) is 294 cm³/mol. The van der Waals surface area contributed by atoms with Gasteiger partial charge in [-0.2, -0.15) is 0 Å². The van der Waals surface area contributed by atoms with E-state index in [0.29, 0.717) is 68.9 Å². The Kier molecular flexibility index (Phi) is 13.3. The Morgan fingerprint density at radius 1 is 0.662 bits per heavy atom. The second kappa shape index (κ2) is 19.8. The van der Waals surface area contributed by atoms with Crippen LogP contribution in [0.5, 0.6) is 0 Å². The normalized spacial score (nSPS) is 48.0. The van der Waals surface area contributed by atoms with E-state index in [1.54, 1.807) is 12.1 Å². The molecule has 0 bridgehead atoms. The van der Waals surface area contributed by atoms with Gasteiger partial charge in [0.05, 0.1) is 113 Å². The van der Waals surface area contributed by atoms with Gasteiger partial charge in [-0.15, -0.1) is 0 Å². The van der Waals surface area contributed by atoms with E-state index in [4.69, 9.17) is 56.8 Å². The molecule has 1 N–H and O–H groups in total. The highest BCUT2D eigenvalue weighted by Crippen LogP contribution is 2.55. The van der Waals surface area contributed by atoms with E-state index in [-0.39, 0.29) is 110 Å². The SMILES string of the molecule is C=C(COC(=O)c1ccc2cc3ccccc3cc2c1)C[C@@H]1C[C@H](O)[C@@H]2O[C@@H]3C[C@]4(C)O[C@@H]5C[C@]6(C)O[C@]7(C)CC[C@@H]8OC9C[C@]%10(C)O[C@@H]%11C(C)=CC(=O)OC%11CC%10OC9C[C@@H](C)C8OC7CC6O[C@@]5(C)C/C=C\C4OC3CC2O1. The molecule has 14 rings (SSSR count). The molecule has 0 spiro atoms. The first kappa shape index (κ1) is 53.9. The lowest BCUT2D eigenvalue weighted by Gasteiger charge is -2.61. The van der Waals surface area contributed by atoms with Gasteiger partial charge in [0.25, 0.3) is 0 Å². The van der Waals surface area contributed by atoms with E-state index in [0.717, 1.165) is 46.4 Å². The molecule has 0 saturated carbocycles. The van der Waals surface area contributed by atoms with E-state index in [1.165, 1.54) is 0 Å². The third kappa shape index (κ3) is 9.45. The monoisotopic (exact) mass is 1100 g/mol. The summed E-state index contributed by atoms with van der Waals surface area (Å²) in [5.74, 6) is -0.574. The average molecular weight is 1100 g/mol. The average Bonchev–Trinajstić information content (AvgIpc) is 3.70. The van der Waals surface area contributed by atoms with Crippen LogP contribution in [0.1, 0.15) is 136 Å². The van der Waals surface area contributed by atoms with Crippen LogP contribution in [0, 0.1) is 5.92 Å². The molecular formula is C65H80O15. The smallest absolute Gasteiger partial charge is 0.338 e. The molecule has 15 nitrogen and oxygen atoms in total. The number of carbonyl (C=O) groups excluding carboxylic acids is 2.